The molecule has 0 aromatic heterocycles. The monoisotopic (exact) mass is 327 g/mol. The van der Waals surface area contributed by atoms with Crippen molar-refractivity contribution in [3.05, 3.63) is 0 Å². The van der Waals surface area contributed by atoms with Crippen LogP contribution in [0.5, 0.6) is 0 Å². The van der Waals surface area contributed by atoms with Gasteiger partial charge in [-0.05, 0) is 13.1 Å². The first-order valence-corrected chi connectivity index (χ1v) is 8.30. The van der Waals surface area contributed by atoms with Gasteiger partial charge < -0.3 is 24.9 Å². The summed E-state index contributed by atoms with van der Waals surface area (Å²) in [5.74, 6) is 0. The SMILES string of the molecule is CCNCC.O=P(O)(O)C(Br)P(=O)(O)O. The van der Waals surface area contributed by atoms with E-state index in [9.17, 15) is 9.13 Å². The predicted molar refractivity (Wildman–Crippen MR) is 61.0 cm³/mol. The number of alkyl halides is 1. The Balaban J connectivity index is 0. The second kappa shape index (κ2) is 7.92. The minimum atomic E-state index is -4.72. The Hall–Kier alpha value is 0.740. The lowest BCUT2D eigenvalue weighted by atomic mass is 10.7. The van der Waals surface area contributed by atoms with E-state index in [1.54, 1.807) is 0 Å². The molecule has 0 amide bonds. The van der Waals surface area contributed by atoms with Crippen LogP contribution >= 0.6 is 31.1 Å². The first-order chi connectivity index (χ1) is 6.57. The highest BCUT2D eigenvalue weighted by atomic mass is 79.9. The summed E-state index contributed by atoms with van der Waals surface area (Å²) in [5.41, 5.74) is 0. The molecule has 0 saturated heterocycles. The zero-order chi connectivity index (χ0) is 12.7. The molecule has 0 heterocycles. The van der Waals surface area contributed by atoms with Crippen molar-refractivity contribution >= 4 is 31.1 Å². The fourth-order valence-corrected chi connectivity index (χ4v) is 2.01. The molecule has 0 rings (SSSR count). The summed E-state index contributed by atoms with van der Waals surface area (Å²) in [6.45, 7) is 6.39. The largest absolute Gasteiger partial charge is 0.351 e. The first-order valence-electron chi connectivity index (χ1n) is 4.02. The number of hydrogen-bond acceptors (Lipinski definition) is 3. The predicted octanol–water partition coefficient (Wildman–Crippen LogP) is 0.636. The normalized spacial score (nSPS) is 12.3. The van der Waals surface area contributed by atoms with Crippen LogP contribution in [0.1, 0.15) is 13.8 Å². The molecule has 0 unspecified atom stereocenters. The maximum Gasteiger partial charge on any atom is 0.351 e. The van der Waals surface area contributed by atoms with Crippen molar-refractivity contribution in [2.24, 2.45) is 0 Å². The van der Waals surface area contributed by atoms with Crippen molar-refractivity contribution in [3.63, 3.8) is 0 Å². The van der Waals surface area contributed by atoms with Crippen LogP contribution in [0, 0.1) is 0 Å². The van der Waals surface area contributed by atoms with Gasteiger partial charge in [0.05, 0.1) is 0 Å². The molecule has 15 heavy (non-hydrogen) atoms. The van der Waals surface area contributed by atoms with Crippen molar-refractivity contribution in [2.45, 2.75) is 18.2 Å². The van der Waals surface area contributed by atoms with Crippen LogP contribution in [0.15, 0.2) is 0 Å². The van der Waals surface area contributed by atoms with E-state index in [1.807, 2.05) is 0 Å². The molecule has 0 saturated carbocycles. The Morgan fingerprint density at radius 1 is 1.07 bits per heavy atom. The first kappa shape index (κ1) is 18.1. The van der Waals surface area contributed by atoms with Gasteiger partial charge in [-0.2, -0.15) is 0 Å². The Labute approximate surface area is 96.7 Å². The molecule has 0 spiro atoms. The molecule has 0 aromatic rings. The fourth-order valence-electron chi connectivity index (χ4n) is 0.446. The summed E-state index contributed by atoms with van der Waals surface area (Å²) in [6, 6.07) is 0. The Morgan fingerprint density at radius 2 is 1.33 bits per heavy atom. The van der Waals surface area contributed by atoms with Gasteiger partial charge in [-0.25, -0.2) is 0 Å². The zero-order valence-electron chi connectivity index (χ0n) is 8.37. The molecule has 7 nitrogen and oxygen atoms in total. The van der Waals surface area contributed by atoms with Crippen LogP contribution in [0.25, 0.3) is 0 Å². The molecule has 0 aliphatic rings. The van der Waals surface area contributed by atoms with E-state index >= 15 is 0 Å². The maximum absolute atomic E-state index is 10.1. The van der Waals surface area contributed by atoms with E-state index in [1.165, 1.54) is 0 Å². The molecule has 0 aromatic carbocycles. The third kappa shape index (κ3) is 11.0. The molecule has 10 heteroatoms. The lowest BCUT2D eigenvalue weighted by Crippen LogP contribution is -2.09. The Bertz CT molecular complexity index is 226. The summed E-state index contributed by atoms with van der Waals surface area (Å²) in [5, 5.41) is 3.11. The van der Waals surface area contributed by atoms with Gasteiger partial charge >= 0.3 is 15.2 Å². The molecule has 94 valence electrons. The number of nitrogens with one attached hydrogen (secondary N) is 1. The second-order valence-electron chi connectivity index (χ2n) is 2.45. The van der Waals surface area contributed by atoms with Crippen LogP contribution in [-0.4, -0.2) is 37.0 Å². The Morgan fingerprint density at radius 3 is 1.33 bits per heavy atom. The molecule has 0 aliphatic heterocycles. The van der Waals surface area contributed by atoms with E-state index in [4.69, 9.17) is 19.6 Å². The van der Waals surface area contributed by atoms with Gasteiger partial charge in [-0.1, -0.05) is 29.8 Å². The van der Waals surface area contributed by atoms with Crippen LogP contribution < -0.4 is 5.32 Å². The summed E-state index contributed by atoms with van der Waals surface area (Å²) in [6.07, 6.45) is 0. The smallest absolute Gasteiger partial charge is 0.323 e. The topological polar surface area (TPSA) is 127 Å². The van der Waals surface area contributed by atoms with E-state index in [2.05, 4.69) is 35.1 Å². The number of rotatable bonds is 4. The highest BCUT2D eigenvalue weighted by Gasteiger charge is 2.40. The molecular weight excluding hydrogens is 312 g/mol. The molecule has 0 radical (unpaired) electrons. The van der Waals surface area contributed by atoms with Crippen LogP contribution in [0.3, 0.4) is 0 Å². The molecule has 0 atom stereocenters. The summed E-state index contributed by atoms with van der Waals surface area (Å²) < 4.78 is 18.2. The average molecular weight is 328 g/mol. The number of halogens is 1. The lowest BCUT2D eigenvalue weighted by molar-refractivity contribution is 0.353. The highest BCUT2D eigenvalue weighted by molar-refractivity contribution is 9.12. The third-order valence-electron chi connectivity index (χ3n) is 1.06. The van der Waals surface area contributed by atoms with Gasteiger partial charge in [0.1, 0.15) is 0 Å². The molecule has 5 N–H and O–H groups in total. The summed E-state index contributed by atoms with van der Waals surface area (Å²) in [7, 11) is -9.45. The van der Waals surface area contributed by atoms with Gasteiger partial charge in [0.2, 0.25) is 4.31 Å². The quantitative estimate of drug-likeness (QED) is 0.378. The fraction of sp³-hybridized carbons (Fsp3) is 1.00. The minimum Gasteiger partial charge on any atom is -0.323 e. The van der Waals surface area contributed by atoms with Gasteiger partial charge in [-0.3, -0.25) is 9.13 Å². The molecule has 0 bridgehead atoms. The van der Waals surface area contributed by atoms with E-state index in [-0.39, 0.29) is 0 Å². The maximum atomic E-state index is 10.1. The summed E-state index contributed by atoms with van der Waals surface area (Å²) in [4.78, 5) is 32.8. The van der Waals surface area contributed by atoms with E-state index in [0.717, 1.165) is 13.1 Å². The second-order valence-corrected chi connectivity index (χ2v) is 8.57. The molecular formula is C5H16BrNO6P2. The van der Waals surface area contributed by atoms with Crippen LogP contribution in [-0.2, 0) is 9.13 Å². The minimum absolute atomic E-state index is 1.09. The molecule has 0 aliphatic carbocycles. The van der Waals surface area contributed by atoms with Gasteiger partial charge in [-0.15, -0.1) is 0 Å². The average Bonchev–Trinajstić information content (AvgIpc) is 2.02. The van der Waals surface area contributed by atoms with Crippen molar-refractivity contribution in [1.29, 1.82) is 0 Å². The highest BCUT2D eigenvalue weighted by Crippen LogP contribution is 2.62. The summed E-state index contributed by atoms with van der Waals surface area (Å²) >= 11 is 2.19. The van der Waals surface area contributed by atoms with E-state index in [0.29, 0.717) is 0 Å². The lowest BCUT2D eigenvalue weighted by Gasteiger charge is -2.11. The third-order valence-corrected chi connectivity index (χ3v) is 7.17. The van der Waals surface area contributed by atoms with Crippen molar-refractivity contribution in [1.82, 2.24) is 5.32 Å². The Kier molecular flexibility index (Phi) is 9.57. The van der Waals surface area contributed by atoms with Crippen LogP contribution in [0.2, 0.25) is 0 Å². The van der Waals surface area contributed by atoms with Crippen LogP contribution in [0.4, 0.5) is 0 Å². The standard InChI is InChI=1S/C4H11N.CH5BrO6P2/c1-3-5-4-2;2-1(9(3,4)5)10(6,7)8/h5H,3-4H2,1-2H3;1H,(H2,3,4,5)(H2,6,7,8). The van der Waals surface area contributed by atoms with Gasteiger partial charge in [0.15, 0.2) is 0 Å². The van der Waals surface area contributed by atoms with Crippen molar-refractivity contribution in [2.75, 3.05) is 13.1 Å². The van der Waals surface area contributed by atoms with Gasteiger partial charge in [0, 0.05) is 0 Å². The van der Waals surface area contributed by atoms with Gasteiger partial charge in [0.25, 0.3) is 0 Å². The number of hydrogen-bond donors (Lipinski definition) is 5. The zero-order valence-corrected chi connectivity index (χ0v) is 11.7. The molecule has 0 fully saturated rings. The van der Waals surface area contributed by atoms with E-state index < -0.39 is 19.5 Å². The van der Waals surface area contributed by atoms with Crippen molar-refractivity contribution in [3.8, 4) is 0 Å². The van der Waals surface area contributed by atoms with Crippen molar-refractivity contribution < 1.29 is 28.7 Å².